The molecule has 0 aliphatic heterocycles. The number of nitrogens with two attached hydrogens (primary N) is 1. The first-order valence-corrected chi connectivity index (χ1v) is 6.89. The van der Waals surface area contributed by atoms with Gasteiger partial charge < -0.3 is 15.2 Å². The Kier molecular flexibility index (Phi) is 4.58. The zero-order valence-corrected chi connectivity index (χ0v) is 11.9. The molecule has 2 rings (SSSR count). The van der Waals surface area contributed by atoms with Gasteiger partial charge in [-0.1, -0.05) is 17.8 Å². The molecule has 0 saturated carbocycles. The molecular weight excluding hydrogens is 258 g/mol. The summed E-state index contributed by atoms with van der Waals surface area (Å²) in [6, 6.07) is 13.7. The van der Waals surface area contributed by atoms with Gasteiger partial charge in [0, 0.05) is 9.79 Å². The Morgan fingerprint density at radius 1 is 1.11 bits per heavy atom. The second-order valence-electron chi connectivity index (χ2n) is 3.88. The molecule has 0 aromatic heterocycles. The van der Waals surface area contributed by atoms with Crippen LogP contribution in [0.5, 0.6) is 11.5 Å². The maximum Gasteiger partial charge on any atom is 0.143 e. The van der Waals surface area contributed by atoms with Crippen LogP contribution in [-0.2, 0) is 0 Å². The summed E-state index contributed by atoms with van der Waals surface area (Å²) in [5.41, 5.74) is 6.79. The molecule has 0 spiro atoms. The minimum atomic E-state index is 0.612. The van der Waals surface area contributed by atoms with E-state index < -0.39 is 0 Å². The standard InChI is InChI=1S/C15H17NO2S/c1-3-18-13-5-4-6-14(15(13)16)19-12-9-7-11(17-2)8-10-12/h4-10H,3,16H2,1-2H3. The van der Waals surface area contributed by atoms with Gasteiger partial charge in [-0.25, -0.2) is 0 Å². The Balaban J connectivity index is 2.20. The van der Waals surface area contributed by atoms with E-state index in [-0.39, 0.29) is 0 Å². The van der Waals surface area contributed by atoms with E-state index in [1.807, 2.05) is 49.4 Å². The summed E-state index contributed by atoms with van der Waals surface area (Å²) >= 11 is 1.61. The van der Waals surface area contributed by atoms with E-state index in [0.717, 1.165) is 21.3 Å². The Morgan fingerprint density at radius 3 is 2.47 bits per heavy atom. The molecule has 4 heteroatoms. The number of para-hydroxylation sites is 1. The van der Waals surface area contributed by atoms with Gasteiger partial charge in [0.05, 0.1) is 19.4 Å². The average molecular weight is 275 g/mol. The van der Waals surface area contributed by atoms with Crippen LogP contribution < -0.4 is 15.2 Å². The zero-order chi connectivity index (χ0) is 13.7. The third-order valence-corrected chi connectivity index (χ3v) is 3.70. The van der Waals surface area contributed by atoms with Crippen LogP contribution in [0.15, 0.2) is 52.3 Å². The van der Waals surface area contributed by atoms with Crippen molar-refractivity contribution >= 4 is 17.4 Å². The van der Waals surface area contributed by atoms with Crippen LogP contribution in [0.25, 0.3) is 0 Å². The van der Waals surface area contributed by atoms with E-state index in [2.05, 4.69) is 0 Å². The number of benzene rings is 2. The molecule has 0 saturated heterocycles. The van der Waals surface area contributed by atoms with Crippen molar-refractivity contribution in [2.24, 2.45) is 0 Å². The first-order chi connectivity index (χ1) is 9.24. The summed E-state index contributed by atoms with van der Waals surface area (Å²) in [5, 5.41) is 0. The van der Waals surface area contributed by atoms with Crippen molar-refractivity contribution in [1.29, 1.82) is 0 Å². The lowest BCUT2D eigenvalue weighted by atomic mass is 10.3. The lowest BCUT2D eigenvalue weighted by molar-refractivity contribution is 0.341. The fraction of sp³-hybridized carbons (Fsp3) is 0.200. The lowest BCUT2D eigenvalue weighted by Crippen LogP contribution is -1.97. The van der Waals surface area contributed by atoms with Gasteiger partial charge in [-0.3, -0.25) is 0 Å². The molecule has 19 heavy (non-hydrogen) atoms. The van der Waals surface area contributed by atoms with Gasteiger partial charge in [0.2, 0.25) is 0 Å². The van der Waals surface area contributed by atoms with E-state index in [1.54, 1.807) is 18.9 Å². The van der Waals surface area contributed by atoms with E-state index >= 15 is 0 Å². The van der Waals surface area contributed by atoms with Crippen LogP contribution in [-0.4, -0.2) is 13.7 Å². The highest BCUT2D eigenvalue weighted by Gasteiger charge is 2.07. The predicted octanol–water partition coefficient (Wildman–Crippen LogP) is 3.83. The van der Waals surface area contributed by atoms with E-state index in [9.17, 15) is 0 Å². The summed E-state index contributed by atoms with van der Waals surface area (Å²) in [4.78, 5) is 2.11. The minimum absolute atomic E-state index is 0.612. The predicted molar refractivity (Wildman–Crippen MR) is 79.1 cm³/mol. The fourth-order valence-corrected chi connectivity index (χ4v) is 2.55. The van der Waals surface area contributed by atoms with Crippen LogP contribution in [0, 0.1) is 0 Å². The van der Waals surface area contributed by atoms with Crippen molar-refractivity contribution in [3.05, 3.63) is 42.5 Å². The number of methoxy groups -OCH3 is 1. The molecule has 0 aliphatic carbocycles. The Hall–Kier alpha value is -1.81. The Morgan fingerprint density at radius 2 is 1.84 bits per heavy atom. The van der Waals surface area contributed by atoms with Crippen LogP contribution in [0.1, 0.15) is 6.92 Å². The summed E-state index contributed by atoms with van der Waals surface area (Å²) in [6.45, 7) is 2.56. The van der Waals surface area contributed by atoms with Crippen molar-refractivity contribution in [3.63, 3.8) is 0 Å². The van der Waals surface area contributed by atoms with Gasteiger partial charge in [-0.2, -0.15) is 0 Å². The highest BCUT2D eigenvalue weighted by atomic mass is 32.2. The van der Waals surface area contributed by atoms with Crippen molar-refractivity contribution < 1.29 is 9.47 Å². The third kappa shape index (κ3) is 3.35. The highest BCUT2D eigenvalue weighted by Crippen LogP contribution is 2.37. The number of nitrogen functional groups attached to an aromatic ring is 1. The first kappa shape index (κ1) is 13.6. The molecule has 100 valence electrons. The van der Waals surface area contributed by atoms with E-state index in [4.69, 9.17) is 15.2 Å². The second kappa shape index (κ2) is 6.38. The number of rotatable bonds is 5. The molecule has 0 atom stereocenters. The Bertz CT molecular complexity index is 540. The number of hydrogen-bond acceptors (Lipinski definition) is 4. The van der Waals surface area contributed by atoms with Gasteiger partial charge in [0.25, 0.3) is 0 Å². The van der Waals surface area contributed by atoms with Crippen molar-refractivity contribution in [2.75, 3.05) is 19.5 Å². The van der Waals surface area contributed by atoms with Crippen LogP contribution in [0.2, 0.25) is 0 Å². The number of ether oxygens (including phenoxy) is 2. The van der Waals surface area contributed by atoms with E-state index in [1.165, 1.54) is 0 Å². The topological polar surface area (TPSA) is 44.5 Å². The molecule has 0 radical (unpaired) electrons. The average Bonchev–Trinajstić information content (AvgIpc) is 2.44. The van der Waals surface area contributed by atoms with Gasteiger partial charge in [0.1, 0.15) is 11.5 Å². The SMILES string of the molecule is CCOc1cccc(Sc2ccc(OC)cc2)c1N. The smallest absolute Gasteiger partial charge is 0.143 e. The number of anilines is 1. The zero-order valence-electron chi connectivity index (χ0n) is 11.1. The fourth-order valence-electron chi connectivity index (χ4n) is 1.66. The molecule has 2 N–H and O–H groups in total. The summed E-state index contributed by atoms with van der Waals surface area (Å²) in [6.07, 6.45) is 0. The third-order valence-electron chi connectivity index (χ3n) is 2.61. The van der Waals surface area contributed by atoms with Gasteiger partial charge in [-0.15, -0.1) is 0 Å². The van der Waals surface area contributed by atoms with E-state index in [0.29, 0.717) is 12.3 Å². The highest BCUT2D eigenvalue weighted by molar-refractivity contribution is 7.99. The largest absolute Gasteiger partial charge is 0.497 e. The van der Waals surface area contributed by atoms with Crippen molar-refractivity contribution in [2.45, 2.75) is 16.7 Å². The van der Waals surface area contributed by atoms with Crippen LogP contribution >= 0.6 is 11.8 Å². The summed E-state index contributed by atoms with van der Waals surface area (Å²) < 4.78 is 10.6. The molecule has 3 nitrogen and oxygen atoms in total. The molecule has 0 heterocycles. The normalized spacial score (nSPS) is 10.2. The van der Waals surface area contributed by atoms with Gasteiger partial charge in [-0.05, 0) is 43.3 Å². The molecule has 2 aromatic rings. The first-order valence-electron chi connectivity index (χ1n) is 6.07. The van der Waals surface area contributed by atoms with Gasteiger partial charge >= 0.3 is 0 Å². The summed E-state index contributed by atoms with van der Waals surface area (Å²) in [7, 11) is 1.66. The van der Waals surface area contributed by atoms with Crippen LogP contribution in [0.4, 0.5) is 5.69 Å². The number of hydrogen-bond donors (Lipinski definition) is 1. The molecule has 0 amide bonds. The molecule has 0 unspecified atom stereocenters. The molecule has 0 bridgehead atoms. The summed E-state index contributed by atoms with van der Waals surface area (Å²) in [5.74, 6) is 1.58. The molecular formula is C15H17NO2S. The van der Waals surface area contributed by atoms with Gasteiger partial charge in [0.15, 0.2) is 0 Å². The van der Waals surface area contributed by atoms with Crippen LogP contribution in [0.3, 0.4) is 0 Å². The molecule has 2 aromatic carbocycles. The Labute approximate surface area is 117 Å². The molecule has 0 fully saturated rings. The maximum atomic E-state index is 6.10. The second-order valence-corrected chi connectivity index (χ2v) is 4.99. The lowest BCUT2D eigenvalue weighted by Gasteiger charge is -2.11. The minimum Gasteiger partial charge on any atom is -0.497 e. The monoisotopic (exact) mass is 275 g/mol. The van der Waals surface area contributed by atoms with Crippen molar-refractivity contribution in [1.82, 2.24) is 0 Å². The quantitative estimate of drug-likeness (QED) is 0.842. The molecule has 0 aliphatic rings. The maximum absolute atomic E-state index is 6.10. The van der Waals surface area contributed by atoms with Crippen molar-refractivity contribution in [3.8, 4) is 11.5 Å².